The van der Waals surface area contributed by atoms with E-state index in [1.807, 2.05) is 25.7 Å². The molecular weight excluding hydrogens is 377 g/mol. The minimum absolute atomic E-state index is 0. The molecule has 0 radical (unpaired) electrons. The van der Waals surface area contributed by atoms with E-state index < -0.39 is 0 Å². The molecule has 9 heteroatoms. The van der Waals surface area contributed by atoms with E-state index >= 15 is 0 Å². The lowest BCUT2D eigenvalue weighted by Crippen LogP contribution is -2.56. The van der Waals surface area contributed by atoms with Crippen LogP contribution in [-0.2, 0) is 9.59 Å². The monoisotopic (exact) mass is 411 g/mol. The van der Waals surface area contributed by atoms with E-state index in [9.17, 15) is 9.59 Å². The standard InChI is InChI=1S/C17H33N5O2.2ClH/c1-14-11-18-5-6-22(14)13-16(24)21-9-7-20(8-10-21)12-15(23)19-17(2,3)4;;/h14,18H,5-13H2,1-4H3,(H,19,23);2*1H/t14-;;/m1../s1. The number of carbonyl (C=O) groups excluding carboxylic acids is 2. The van der Waals surface area contributed by atoms with Crippen molar-refractivity contribution in [2.75, 3.05) is 58.9 Å². The Kier molecular flexibility index (Phi) is 11.0. The van der Waals surface area contributed by atoms with Crippen molar-refractivity contribution in [3.63, 3.8) is 0 Å². The fraction of sp³-hybridized carbons (Fsp3) is 0.882. The molecule has 2 heterocycles. The minimum atomic E-state index is -0.200. The van der Waals surface area contributed by atoms with Gasteiger partial charge in [0.15, 0.2) is 0 Å². The fourth-order valence-electron chi connectivity index (χ4n) is 3.21. The highest BCUT2D eigenvalue weighted by atomic mass is 35.5. The molecule has 2 fully saturated rings. The van der Waals surface area contributed by atoms with Gasteiger partial charge < -0.3 is 15.5 Å². The summed E-state index contributed by atoms with van der Waals surface area (Å²) in [7, 11) is 0. The third-order valence-corrected chi connectivity index (χ3v) is 4.58. The van der Waals surface area contributed by atoms with Gasteiger partial charge in [0, 0.05) is 57.4 Å². The normalized spacial score (nSPS) is 22.2. The molecule has 1 atom stereocenters. The molecule has 0 aromatic heterocycles. The third-order valence-electron chi connectivity index (χ3n) is 4.58. The Morgan fingerprint density at radius 3 is 2.19 bits per heavy atom. The van der Waals surface area contributed by atoms with E-state index in [1.165, 1.54) is 0 Å². The van der Waals surface area contributed by atoms with Crippen LogP contribution in [0, 0.1) is 0 Å². The molecule has 2 N–H and O–H groups in total. The minimum Gasteiger partial charge on any atom is -0.350 e. The maximum absolute atomic E-state index is 12.5. The smallest absolute Gasteiger partial charge is 0.236 e. The Morgan fingerprint density at radius 1 is 1.04 bits per heavy atom. The van der Waals surface area contributed by atoms with Crippen LogP contribution in [0.2, 0.25) is 0 Å². The van der Waals surface area contributed by atoms with Crippen LogP contribution in [0.1, 0.15) is 27.7 Å². The Hall–Kier alpha value is -0.600. The molecule has 154 valence electrons. The first kappa shape index (κ1) is 25.4. The van der Waals surface area contributed by atoms with Crippen molar-refractivity contribution in [1.82, 2.24) is 25.3 Å². The van der Waals surface area contributed by atoms with Crippen LogP contribution in [0.3, 0.4) is 0 Å². The molecule has 0 aliphatic carbocycles. The van der Waals surface area contributed by atoms with Crippen molar-refractivity contribution in [1.29, 1.82) is 0 Å². The van der Waals surface area contributed by atoms with Crippen LogP contribution in [-0.4, -0.2) is 97.0 Å². The molecule has 0 aromatic carbocycles. The first-order chi connectivity index (χ1) is 11.2. The number of halogens is 2. The van der Waals surface area contributed by atoms with Crippen LogP contribution in [0.25, 0.3) is 0 Å². The maximum atomic E-state index is 12.5. The van der Waals surface area contributed by atoms with Gasteiger partial charge in [-0.05, 0) is 27.7 Å². The van der Waals surface area contributed by atoms with Gasteiger partial charge in [0.25, 0.3) is 0 Å². The molecule has 0 unspecified atom stereocenters. The van der Waals surface area contributed by atoms with Gasteiger partial charge >= 0.3 is 0 Å². The lowest BCUT2D eigenvalue weighted by molar-refractivity contribution is -0.135. The molecule has 2 amide bonds. The van der Waals surface area contributed by atoms with Gasteiger partial charge in [-0.15, -0.1) is 24.8 Å². The second kappa shape index (κ2) is 11.3. The Labute approximate surface area is 170 Å². The Bertz CT molecular complexity index is 451. The number of amides is 2. The summed E-state index contributed by atoms with van der Waals surface area (Å²) in [5.74, 6) is 0.263. The number of carbonyl (C=O) groups is 2. The first-order valence-corrected chi connectivity index (χ1v) is 9.00. The zero-order valence-corrected chi connectivity index (χ0v) is 18.0. The topological polar surface area (TPSA) is 67.9 Å². The lowest BCUT2D eigenvalue weighted by Gasteiger charge is -2.38. The SMILES string of the molecule is C[C@@H]1CNCCN1CC(=O)N1CCN(CC(=O)NC(C)(C)C)CC1.Cl.Cl. The van der Waals surface area contributed by atoms with Crippen LogP contribution in [0.5, 0.6) is 0 Å². The van der Waals surface area contributed by atoms with Crippen molar-refractivity contribution in [2.24, 2.45) is 0 Å². The summed E-state index contributed by atoms with van der Waals surface area (Å²) < 4.78 is 0. The van der Waals surface area contributed by atoms with Gasteiger partial charge in [0.2, 0.25) is 11.8 Å². The number of nitrogens with one attached hydrogen (secondary N) is 2. The molecule has 2 saturated heterocycles. The Balaban J connectivity index is 0.00000312. The maximum Gasteiger partial charge on any atom is 0.236 e. The molecule has 2 aliphatic heterocycles. The summed E-state index contributed by atoms with van der Waals surface area (Å²) in [6.07, 6.45) is 0. The van der Waals surface area contributed by atoms with E-state index in [0.717, 1.165) is 32.7 Å². The zero-order chi connectivity index (χ0) is 17.7. The van der Waals surface area contributed by atoms with Crippen molar-refractivity contribution in [3.05, 3.63) is 0 Å². The predicted octanol–water partition coefficient (Wildman–Crippen LogP) is 0.183. The number of hydrogen-bond donors (Lipinski definition) is 2. The predicted molar refractivity (Wildman–Crippen MR) is 109 cm³/mol. The van der Waals surface area contributed by atoms with Gasteiger partial charge in [0.05, 0.1) is 13.1 Å². The highest BCUT2D eigenvalue weighted by Crippen LogP contribution is 2.07. The van der Waals surface area contributed by atoms with Crippen molar-refractivity contribution in [3.8, 4) is 0 Å². The molecule has 0 saturated carbocycles. The molecule has 0 bridgehead atoms. The third kappa shape index (κ3) is 8.39. The number of nitrogens with zero attached hydrogens (tertiary/aromatic N) is 3. The van der Waals surface area contributed by atoms with Gasteiger partial charge in [-0.2, -0.15) is 0 Å². The summed E-state index contributed by atoms with van der Waals surface area (Å²) in [5, 5.41) is 6.33. The summed E-state index contributed by atoms with van der Waals surface area (Å²) in [4.78, 5) is 30.8. The highest BCUT2D eigenvalue weighted by Gasteiger charge is 2.26. The van der Waals surface area contributed by atoms with Gasteiger partial charge in [-0.25, -0.2) is 0 Å². The average molecular weight is 412 g/mol. The molecule has 2 rings (SSSR count). The molecule has 0 spiro atoms. The summed E-state index contributed by atoms with van der Waals surface area (Å²) in [6, 6.07) is 0.407. The molecule has 0 aromatic rings. The second-order valence-electron chi connectivity index (χ2n) is 7.98. The van der Waals surface area contributed by atoms with Crippen LogP contribution < -0.4 is 10.6 Å². The van der Waals surface area contributed by atoms with Crippen molar-refractivity contribution >= 4 is 36.6 Å². The van der Waals surface area contributed by atoms with Crippen molar-refractivity contribution < 1.29 is 9.59 Å². The molecule has 26 heavy (non-hydrogen) atoms. The number of piperazine rings is 2. The molecular formula is C17H35Cl2N5O2. The van der Waals surface area contributed by atoms with Gasteiger partial charge in [-0.1, -0.05) is 0 Å². The van der Waals surface area contributed by atoms with E-state index in [-0.39, 0.29) is 42.2 Å². The highest BCUT2D eigenvalue weighted by molar-refractivity contribution is 5.85. The van der Waals surface area contributed by atoms with Gasteiger partial charge in [0.1, 0.15) is 0 Å². The molecule has 2 aliphatic rings. The second-order valence-corrected chi connectivity index (χ2v) is 7.98. The van der Waals surface area contributed by atoms with Crippen LogP contribution in [0.4, 0.5) is 0 Å². The first-order valence-electron chi connectivity index (χ1n) is 9.00. The zero-order valence-electron chi connectivity index (χ0n) is 16.4. The van der Waals surface area contributed by atoms with Crippen molar-refractivity contribution in [2.45, 2.75) is 39.3 Å². The quantitative estimate of drug-likeness (QED) is 0.690. The fourth-order valence-corrected chi connectivity index (χ4v) is 3.21. The van der Waals surface area contributed by atoms with Gasteiger partial charge in [-0.3, -0.25) is 19.4 Å². The largest absolute Gasteiger partial charge is 0.350 e. The van der Waals surface area contributed by atoms with E-state index in [4.69, 9.17) is 0 Å². The number of rotatable bonds is 4. The summed E-state index contributed by atoms with van der Waals surface area (Å²) in [5.41, 5.74) is -0.200. The van der Waals surface area contributed by atoms with E-state index in [0.29, 0.717) is 32.2 Å². The van der Waals surface area contributed by atoms with Crippen LogP contribution in [0.15, 0.2) is 0 Å². The Morgan fingerprint density at radius 2 is 1.65 bits per heavy atom. The summed E-state index contributed by atoms with van der Waals surface area (Å²) in [6.45, 7) is 14.8. The summed E-state index contributed by atoms with van der Waals surface area (Å²) >= 11 is 0. The van der Waals surface area contributed by atoms with E-state index in [2.05, 4.69) is 27.4 Å². The van der Waals surface area contributed by atoms with Crippen LogP contribution >= 0.6 is 24.8 Å². The molecule has 7 nitrogen and oxygen atoms in total. The van der Waals surface area contributed by atoms with E-state index in [1.54, 1.807) is 0 Å². The number of hydrogen-bond acceptors (Lipinski definition) is 5. The lowest BCUT2D eigenvalue weighted by atomic mass is 10.1. The average Bonchev–Trinajstić information content (AvgIpc) is 2.48.